The maximum absolute atomic E-state index is 14.9. The number of unbranched alkanes of at least 4 members (excludes halogenated alkanes) is 1. The highest BCUT2D eigenvalue weighted by Crippen LogP contribution is 2.25. The molecule has 0 aliphatic carbocycles. The van der Waals surface area contributed by atoms with Gasteiger partial charge < -0.3 is 69.0 Å². The van der Waals surface area contributed by atoms with E-state index in [1.807, 2.05) is 0 Å². The molecule has 1 aliphatic rings. The molecule has 2 heterocycles. The lowest BCUT2D eigenvalue weighted by atomic mass is 10.0. The number of aromatic nitrogens is 1. The second-order valence-electron chi connectivity index (χ2n) is 19.8. The van der Waals surface area contributed by atoms with E-state index >= 15 is 0 Å². The first-order chi connectivity index (χ1) is 40.1. The first-order valence-electron chi connectivity index (χ1n) is 26.6. The molecule has 9 amide bonds. The number of non-ortho nitro benzene ring substituents is 1. The standard InChI is InChI=1S/C56H66N12O14S2/c1-30(69)48-56(80)66-47(54(78)62-42(49(58)73)23-33-12-18-37(71)19-13-33)29-84-83-28-46(65-51(75)43(60-31(2)70)24-32-10-16-36(17-11-32)68(81)82)55(79)63-44(25-34-14-20-38(72)21-15-34)52(76)64-45(26-35-27-59-40-8-4-3-7-39(35)40)53(77)61-41(50(74)67-48)9-5-6-22-57/h3-4,7-8,10-21,27,30,41-44,46-48,59,69,71-72H,5-6,9,22-26,28-29,57H2,1-2H3,(H2,58,73)(H,60,70)(H,61,77)(H,62,78)(H,63,79)(H,65,75)(H,66,80)(H,67,74)/t30-,41+,42-,43+,44+,46-,47+,48+/m1/s1. The molecule has 28 heteroatoms. The van der Waals surface area contributed by atoms with Crippen molar-refractivity contribution < 1.29 is 63.4 Å². The summed E-state index contributed by atoms with van der Waals surface area (Å²) < 4.78 is 0. The molecule has 1 aliphatic heterocycles. The molecule has 0 radical (unpaired) electrons. The number of hydrogen-bond donors (Lipinski definition) is 13. The van der Waals surface area contributed by atoms with Crippen molar-refractivity contribution in [1.82, 2.24) is 42.2 Å². The van der Waals surface area contributed by atoms with Crippen molar-refractivity contribution in [2.75, 3.05) is 18.1 Å². The number of rotatable bonds is 20. The number of phenolic OH excluding ortho intramolecular Hbond substituents is 2. The minimum absolute atomic E-state index is 0.0699. The lowest BCUT2D eigenvalue weighted by molar-refractivity contribution is -0.384. The summed E-state index contributed by atoms with van der Waals surface area (Å²) in [5.41, 5.74) is 13.3. The van der Waals surface area contributed by atoms with Crippen LogP contribution in [0.5, 0.6) is 11.5 Å². The van der Waals surface area contributed by atoms with Gasteiger partial charge in [-0.3, -0.25) is 53.3 Å². The molecule has 0 fully saturated rings. The van der Waals surface area contributed by atoms with Crippen LogP contribution in [0.4, 0.5) is 5.69 Å². The number of H-pyrrole nitrogens is 1. The first-order valence-corrected chi connectivity index (χ1v) is 29.0. The van der Waals surface area contributed by atoms with E-state index in [1.54, 1.807) is 30.5 Å². The van der Waals surface area contributed by atoms with Crippen LogP contribution in [0, 0.1) is 10.1 Å². The van der Waals surface area contributed by atoms with Gasteiger partial charge in [-0.25, -0.2) is 4.99 Å². The molecule has 26 nitrogen and oxygen atoms in total. The van der Waals surface area contributed by atoms with Crippen LogP contribution in [0.3, 0.4) is 0 Å². The number of hydrogen-bond acceptors (Lipinski definition) is 17. The Bertz CT molecular complexity index is 3220. The average molecular weight is 1200 g/mol. The largest absolute Gasteiger partial charge is 0.508 e. The van der Waals surface area contributed by atoms with Crippen LogP contribution >= 0.6 is 21.6 Å². The van der Waals surface area contributed by atoms with E-state index in [9.17, 15) is 68.6 Å². The Labute approximate surface area is 489 Å². The maximum Gasteiger partial charge on any atom is 0.269 e. The molecular weight excluding hydrogens is 1130 g/mol. The number of fused-ring (bicyclic) bond motifs is 1. The van der Waals surface area contributed by atoms with Gasteiger partial charge in [0.25, 0.3) is 17.5 Å². The fourth-order valence-corrected chi connectivity index (χ4v) is 11.1. The third kappa shape index (κ3) is 19.1. The van der Waals surface area contributed by atoms with Crippen LogP contribution in [0.2, 0.25) is 0 Å². The van der Waals surface area contributed by atoms with Crippen molar-refractivity contribution in [3.05, 3.63) is 136 Å². The van der Waals surface area contributed by atoms with Gasteiger partial charge in [0.2, 0.25) is 41.4 Å². The number of aliphatic hydroxyl groups excluding tert-OH is 1. The van der Waals surface area contributed by atoms with Crippen molar-refractivity contribution in [3.63, 3.8) is 0 Å². The minimum atomic E-state index is -1.79. The molecular formula is C56H66N12O14S2. The van der Waals surface area contributed by atoms with Gasteiger partial charge in [-0.1, -0.05) is 76.2 Å². The molecule has 15 N–H and O–H groups in total. The number of benzene rings is 4. The van der Waals surface area contributed by atoms with E-state index < -0.39 is 112 Å². The Morgan fingerprint density at radius 3 is 2.00 bits per heavy atom. The number of para-hydroxylation sites is 1. The highest BCUT2D eigenvalue weighted by Gasteiger charge is 2.36. The van der Waals surface area contributed by atoms with Gasteiger partial charge in [0.1, 0.15) is 59.5 Å². The fraction of sp³-hybridized carbons (Fsp3) is 0.357. The number of amides is 9. The highest BCUT2D eigenvalue weighted by atomic mass is 33.1. The third-order valence-electron chi connectivity index (χ3n) is 13.3. The van der Waals surface area contributed by atoms with E-state index in [4.69, 9.17) is 11.5 Å². The summed E-state index contributed by atoms with van der Waals surface area (Å²) in [7, 11) is 1.78. The zero-order valence-corrected chi connectivity index (χ0v) is 47.3. The SMILES string of the molecule is CC(=O)N[C@@H](Cc1ccc([N+](=O)[O-])cc1)C(=O)N[C@@H]1CSSC[C@@H](C(=O)N[C@H](Cc2ccc(O)cc2)C(N)=O)NC(=O)[C@H]([C@@H](C)O)NC(=O)[C@H](CCCCN)NC(=O)C(Cc2c[nH]c3ccccc23)=NC(=O)[C@H](Cc2ccc(O)cc2)NC1=O. The molecule has 84 heavy (non-hydrogen) atoms. The van der Waals surface area contributed by atoms with Gasteiger partial charge in [-0.05, 0) is 85.3 Å². The number of carbonyl (C=O) groups excluding carboxylic acids is 9. The molecule has 6 rings (SSSR count). The van der Waals surface area contributed by atoms with Gasteiger partial charge in [0.05, 0.1) is 11.0 Å². The number of aliphatic imine (C=N–C) groups is 1. The summed E-state index contributed by atoms with van der Waals surface area (Å²) >= 11 is 0. The molecule has 0 bridgehead atoms. The predicted molar refractivity (Wildman–Crippen MR) is 313 cm³/mol. The highest BCUT2D eigenvalue weighted by molar-refractivity contribution is 8.76. The normalized spacial score (nSPS) is 19.6. The monoisotopic (exact) mass is 1190 g/mol. The molecule has 8 atom stereocenters. The number of nitrogens with two attached hydrogens (primary N) is 2. The lowest BCUT2D eigenvalue weighted by Crippen LogP contribution is -2.61. The van der Waals surface area contributed by atoms with Gasteiger partial charge in [0.15, 0.2) is 0 Å². The maximum atomic E-state index is 14.9. The second-order valence-corrected chi connectivity index (χ2v) is 22.4. The van der Waals surface area contributed by atoms with E-state index in [0.29, 0.717) is 39.6 Å². The number of nitro benzene ring substituents is 1. The number of aromatic amines is 1. The average Bonchev–Trinajstić information content (AvgIpc) is 3.90. The van der Waals surface area contributed by atoms with Crippen LogP contribution in [-0.2, 0) is 68.8 Å². The van der Waals surface area contributed by atoms with E-state index in [0.717, 1.165) is 28.5 Å². The molecule has 5 aromatic rings. The summed E-state index contributed by atoms with van der Waals surface area (Å²) in [5, 5.41) is 61.1. The molecule has 0 saturated heterocycles. The van der Waals surface area contributed by atoms with E-state index in [-0.39, 0.29) is 73.8 Å². The van der Waals surface area contributed by atoms with Crippen molar-refractivity contribution in [3.8, 4) is 11.5 Å². The Kier molecular flexibility index (Phi) is 23.7. The van der Waals surface area contributed by atoms with Gasteiger partial charge in [-0.2, -0.15) is 0 Å². The molecule has 0 unspecified atom stereocenters. The zero-order chi connectivity index (χ0) is 61.0. The van der Waals surface area contributed by atoms with Crippen LogP contribution in [0.15, 0.2) is 108 Å². The topological polar surface area (TPSA) is 422 Å². The third-order valence-corrected chi connectivity index (χ3v) is 15.7. The van der Waals surface area contributed by atoms with Crippen LogP contribution in [-0.4, -0.2) is 151 Å². The van der Waals surface area contributed by atoms with Crippen molar-refractivity contribution in [2.45, 2.75) is 107 Å². The minimum Gasteiger partial charge on any atom is -0.508 e. The number of nitrogens with zero attached hydrogens (tertiary/aromatic N) is 2. The van der Waals surface area contributed by atoms with E-state index in [2.05, 4.69) is 47.2 Å². The second kappa shape index (κ2) is 31.0. The van der Waals surface area contributed by atoms with E-state index in [1.165, 1.54) is 79.7 Å². The summed E-state index contributed by atoms with van der Waals surface area (Å²) in [6.07, 6.45) is -0.456. The smallest absolute Gasteiger partial charge is 0.269 e. The number of primary amides is 1. The number of carbonyl (C=O) groups is 9. The molecule has 0 spiro atoms. The first kappa shape index (κ1) is 64.3. The van der Waals surface area contributed by atoms with Gasteiger partial charge in [0, 0.05) is 73.3 Å². The fourth-order valence-electron chi connectivity index (χ4n) is 8.78. The molecule has 0 saturated carbocycles. The summed E-state index contributed by atoms with van der Waals surface area (Å²) in [4.78, 5) is 145. The van der Waals surface area contributed by atoms with Crippen LogP contribution < -0.4 is 48.7 Å². The number of aliphatic hydroxyl groups is 1. The predicted octanol–water partition coefficient (Wildman–Crippen LogP) is 0.529. The van der Waals surface area contributed by atoms with Crippen molar-refractivity contribution in [2.24, 2.45) is 16.5 Å². The van der Waals surface area contributed by atoms with Gasteiger partial charge >= 0.3 is 0 Å². The zero-order valence-electron chi connectivity index (χ0n) is 45.7. The van der Waals surface area contributed by atoms with Crippen LogP contribution in [0.1, 0.15) is 55.4 Å². The Hall–Kier alpha value is -8.86. The van der Waals surface area contributed by atoms with Crippen molar-refractivity contribution >= 4 is 97.1 Å². The molecule has 1 aromatic heterocycles. The van der Waals surface area contributed by atoms with Crippen LogP contribution in [0.25, 0.3) is 10.9 Å². The Morgan fingerprint density at radius 2 is 1.38 bits per heavy atom. The Balaban J connectivity index is 1.44. The quantitative estimate of drug-likeness (QED) is 0.0219. The summed E-state index contributed by atoms with van der Waals surface area (Å²) in [6, 6.07) is 12.8. The lowest BCUT2D eigenvalue weighted by Gasteiger charge is -2.28. The van der Waals surface area contributed by atoms with Crippen molar-refractivity contribution in [1.29, 1.82) is 0 Å². The molecule has 4 aromatic carbocycles. The number of aromatic hydroxyl groups is 2. The summed E-state index contributed by atoms with van der Waals surface area (Å²) in [6.45, 7) is 2.54. The summed E-state index contributed by atoms with van der Waals surface area (Å²) in [5.74, 6) is -9.55. The van der Waals surface area contributed by atoms with Gasteiger partial charge in [-0.15, -0.1) is 0 Å². The number of nitro groups is 1. The number of nitrogens with one attached hydrogen (secondary N) is 8. The molecule has 446 valence electrons. The number of phenols is 2. The Morgan fingerprint density at radius 1 is 0.762 bits per heavy atom.